The lowest BCUT2D eigenvalue weighted by molar-refractivity contribution is 0.0697. The molecule has 4 nitrogen and oxygen atoms in total. The molecule has 0 fully saturated rings. The zero-order chi connectivity index (χ0) is 20.1. The molecule has 0 saturated carbocycles. The van der Waals surface area contributed by atoms with E-state index in [1.54, 1.807) is 18.2 Å². The fourth-order valence-corrected chi connectivity index (χ4v) is 2.94. The molecule has 0 spiro atoms. The Labute approximate surface area is 171 Å². The van der Waals surface area contributed by atoms with Gasteiger partial charge < -0.3 is 15.2 Å². The zero-order valence-corrected chi connectivity index (χ0v) is 16.1. The Kier molecular flexibility index (Phi) is 6.39. The number of anilines is 1. The third-order valence-corrected chi connectivity index (χ3v) is 4.69. The number of ether oxygens (including phenoxy) is 1. The molecule has 0 aliphatic carbocycles. The van der Waals surface area contributed by atoms with E-state index in [1.165, 1.54) is 24.3 Å². The van der Waals surface area contributed by atoms with Crippen molar-refractivity contribution in [3.8, 4) is 5.75 Å². The summed E-state index contributed by atoms with van der Waals surface area (Å²) < 4.78 is 18.9. The average molecular weight is 420 g/mol. The maximum absolute atomic E-state index is 13.1. The van der Waals surface area contributed by atoms with E-state index in [4.69, 9.17) is 33.0 Å². The highest BCUT2D eigenvalue weighted by Crippen LogP contribution is 2.25. The number of carbonyl (C=O) groups is 1. The number of aromatic carboxylic acids is 1. The minimum atomic E-state index is -1.02. The summed E-state index contributed by atoms with van der Waals surface area (Å²) in [5.41, 5.74) is 2.29. The summed E-state index contributed by atoms with van der Waals surface area (Å²) in [4.78, 5) is 11.1. The minimum absolute atomic E-state index is 0.153. The van der Waals surface area contributed by atoms with Gasteiger partial charge in [-0.1, -0.05) is 41.4 Å². The lowest BCUT2D eigenvalue weighted by Gasteiger charge is -2.12. The molecule has 0 radical (unpaired) electrons. The average Bonchev–Trinajstić information content (AvgIpc) is 2.67. The van der Waals surface area contributed by atoms with Crippen LogP contribution in [0.1, 0.15) is 21.5 Å². The van der Waals surface area contributed by atoms with Crippen molar-refractivity contribution in [3.05, 3.63) is 93.2 Å². The first-order valence-corrected chi connectivity index (χ1v) is 9.10. The van der Waals surface area contributed by atoms with Crippen molar-refractivity contribution in [1.29, 1.82) is 0 Å². The predicted octanol–water partition coefficient (Wildman–Crippen LogP) is 6.02. The summed E-state index contributed by atoms with van der Waals surface area (Å²) >= 11 is 12.1. The van der Waals surface area contributed by atoms with Crippen LogP contribution in [0.15, 0.2) is 60.7 Å². The Bertz CT molecular complexity index is 1010. The monoisotopic (exact) mass is 419 g/mol. The minimum Gasteiger partial charge on any atom is -0.489 e. The number of carboxylic acid groups (broad SMARTS) is 1. The lowest BCUT2D eigenvalue weighted by atomic mass is 10.1. The van der Waals surface area contributed by atoms with Gasteiger partial charge in [-0.05, 0) is 48.0 Å². The van der Waals surface area contributed by atoms with E-state index in [-0.39, 0.29) is 12.2 Å². The molecule has 0 aliphatic rings. The van der Waals surface area contributed by atoms with Crippen LogP contribution < -0.4 is 10.1 Å². The quantitative estimate of drug-likeness (QED) is 0.491. The Morgan fingerprint density at radius 1 is 1.04 bits per heavy atom. The van der Waals surface area contributed by atoms with Gasteiger partial charge in [-0.25, -0.2) is 9.18 Å². The second kappa shape index (κ2) is 8.95. The Hall–Kier alpha value is -2.76. The largest absolute Gasteiger partial charge is 0.489 e. The van der Waals surface area contributed by atoms with Gasteiger partial charge in [0.1, 0.15) is 18.2 Å². The molecule has 2 N–H and O–H groups in total. The number of halogens is 3. The van der Waals surface area contributed by atoms with Gasteiger partial charge in [-0.2, -0.15) is 0 Å². The molecule has 0 aromatic heterocycles. The van der Waals surface area contributed by atoms with Crippen LogP contribution in [0.5, 0.6) is 5.75 Å². The smallest absolute Gasteiger partial charge is 0.335 e. The maximum atomic E-state index is 13.1. The second-order valence-electron chi connectivity index (χ2n) is 6.03. The van der Waals surface area contributed by atoms with Crippen LogP contribution in [-0.4, -0.2) is 11.1 Å². The van der Waals surface area contributed by atoms with Crippen molar-refractivity contribution in [2.45, 2.75) is 13.2 Å². The standard InChI is InChI=1S/C21H16Cl2FNO3/c22-18-7-5-14(21(26)27)9-20(18)25-11-13-2-1-3-17(8-13)28-12-15-4-6-16(24)10-19(15)23/h1-10,25H,11-12H2,(H,26,27). The summed E-state index contributed by atoms with van der Waals surface area (Å²) in [6, 6.07) is 16.0. The molecule has 3 aromatic carbocycles. The summed E-state index contributed by atoms with van der Waals surface area (Å²) in [6.45, 7) is 0.639. The van der Waals surface area contributed by atoms with Gasteiger partial charge in [0.2, 0.25) is 0 Å². The van der Waals surface area contributed by atoms with Crippen molar-refractivity contribution < 1.29 is 19.0 Å². The van der Waals surface area contributed by atoms with Crippen LogP contribution >= 0.6 is 23.2 Å². The summed E-state index contributed by atoms with van der Waals surface area (Å²) in [6.07, 6.45) is 0. The van der Waals surface area contributed by atoms with E-state index in [9.17, 15) is 9.18 Å². The van der Waals surface area contributed by atoms with Gasteiger partial charge in [0, 0.05) is 12.1 Å². The van der Waals surface area contributed by atoms with Gasteiger partial charge in [-0.15, -0.1) is 0 Å². The number of carboxylic acids is 1. The molecule has 0 aliphatic heterocycles. The lowest BCUT2D eigenvalue weighted by Crippen LogP contribution is -2.03. The van der Waals surface area contributed by atoms with Crippen molar-refractivity contribution in [3.63, 3.8) is 0 Å². The first kappa shape index (κ1) is 20.0. The zero-order valence-electron chi connectivity index (χ0n) is 14.6. The van der Waals surface area contributed by atoms with Gasteiger partial charge in [0.15, 0.2) is 0 Å². The molecule has 0 amide bonds. The van der Waals surface area contributed by atoms with E-state index in [0.29, 0.717) is 33.6 Å². The highest BCUT2D eigenvalue weighted by atomic mass is 35.5. The predicted molar refractivity (Wildman–Crippen MR) is 108 cm³/mol. The van der Waals surface area contributed by atoms with Gasteiger partial charge in [0.05, 0.1) is 21.3 Å². The molecular formula is C21H16Cl2FNO3. The van der Waals surface area contributed by atoms with Crippen LogP contribution in [0.3, 0.4) is 0 Å². The summed E-state index contributed by atoms with van der Waals surface area (Å²) in [5.74, 6) is -0.785. The molecule has 144 valence electrons. The summed E-state index contributed by atoms with van der Waals surface area (Å²) in [7, 11) is 0. The number of hydrogen-bond donors (Lipinski definition) is 2. The number of nitrogens with one attached hydrogen (secondary N) is 1. The molecule has 28 heavy (non-hydrogen) atoms. The van der Waals surface area contributed by atoms with Gasteiger partial charge in [-0.3, -0.25) is 0 Å². The Balaban J connectivity index is 1.65. The molecule has 0 unspecified atom stereocenters. The molecule has 3 rings (SSSR count). The van der Waals surface area contributed by atoms with Crippen LogP contribution in [0.4, 0.5) is 10.1 Å². The topological polar surface area (TPSA) is 58.6 Å². The molecule has 0 bridgehead atoms. The third kappa shape index (κ3) is 5.15. The maximum Gasteiger partial charge on any atom is 0.335 e. The van der Waals surface area contributed by atoms with E-state index < -0.39 is 11.8 Å². The van der Waals surface area contributed by atoms with Crippen LogP contribution in [0.25, 0.3) is 0 Å². The van der Waals surface area contributed by atoms with Crippen molar-refractivity contribution in [1.82, 2.24) is 0 Å². The second-order valence-corrected chi connectivity index (χ2v) is 6.84. The van der Waals surface area contributed by atoms with Crippen LogP contribution in [0.2, 0.25) is 10.0 Å². The highest BCUT2D eigenvalue weighted by molar-refractivity contribution is 6.33. The first-order valence-electron chi connectivity index (χ1n) is 8.35. The van der Waals surface area contributed by atoms with Crippen molar-refractivity contribution >= 4 is 34.9 Å². The normalized spacial score (nSPS) is 10.5. The summed E-state index contributed by atoms with van der Waals surface area (Å²) in [5, 5.41) is 13.0. The van der Waals surface area contributed by atoms with E-state index in [2.05, 4.69) is 5.32 Å². The van der Waals surface area contributed by atoms with Gasteiger partial charge in [0.25, 0.3) is 0 Å². The Morgan fingerprint density at radius 3 is 2.61 bits per heavy atom. The van der Waals surface area contributed by atoms with Crippen LogP contribution in [-0.2, 0) is 13.2 Å². The number of benzene rings is 3. The molecule has 0 saturated heterocycles. The van der Waals surface area contributed by atoms with E-state index in [0.717, 1.165) is 5.56 Å². The SMILES string of the molecule is O=C(O)c1ccc(Cl)c(NCc2cccc(OCc3ccc(F)cc3Cl)c2)c1. The first-order chi connectivity index (χ1) is 13.4. The molecule has 7 heteroatoms. The van der Waals surface area contributed by atoms with E-state index in [1.807, 2.05) is 18.2 Å². The molecule has 0 atom stereocenters. The van der Waals surface area contributed by atoms with Gasteiger partial charge >= 0.3 is 5.97 Å². The fourth-order valence-electron chi connectivity index (χ4n) is 2.54. The fraction of sp³-hybridized carbons (Fsp3) is 0.0952. The molecule has 3 aromatic rings. The van der Waals surface area contributed by atoms with Crippen LogP contribution in [0, 0.1) is 5.82 Å². The molecule has 0 heterocycles. The number of hydrogen-bond acceptors (Lipinski definition) is 3. The van der Waals surface area contributed by atoms with Crippen molar-refractivity contribution in [2.75, 3.05) is 5.32 Å². The van der Waals surface area contributed by atoms with E-state index >= 15 is 0 Å². The number of rotatable bonds is 7. The molecular weight excluding hydrogens is 404 g/mol. The highest BCUT2D eigenvalue weighted by Gasteiger charge is 2.08. The Morgan fingerprint density at radius 2 is 1.86 bits per heavy atom. The third-order valence-electron chi connectivity index (χ3n) is 4.00. The van der Waals surface area contributed by atoms with Crippen molar-refractivity contribution in [2.24, 2.45) is 0 Å².